The van der Waals surface area contributed by atoms with E-state index in [2.05, 4.69) is 10.6 Å². The summed E-state index contributed by atoms with van der Waals surface area (Å²) in [5.74, 6) is 0.475. The maximum absolute atomic E-state index is 12.6. The molecule has 0 aliphatic carbocycles. The van der Waals surface area contributed by atoms with Gasteiger partial charge in [0, 0.05) is 19.5 Å². The van der Waals surface area contributed by atoms with E-state index in [1.807, 2.05) is 58.1 Å². The van der Waals surface area contributed by atoms with Gasteiger partial charge < -0.3 is 25.6 Å². The van der Waals surface area contributed by atoms with Crippen LogP contribution in [0.25, 0.3) is 0 Å². The highest BCUT2D eigenvalue weighted by Gasteiger charge is 2.15. The third-order valence-corrected chi connectivity index (χ3v) is 5.23. The Kier molecular flexibility index (Phi) is 10.4. The molecule has 0 aliphatic heterocycles. The highest BCUT2D eigenvalue weighted by molar-refractivity contribution is 5.97. The number of aliphatic hydroxyl groups is 1. The lowest BCUT2D eigenvalue weighted by molar-refractivity contribution is -0.121. The zero-order chi connectivity index (χ0) is 25.1. The van der Waals surface area contributed by atoms with E-state index in [9.17, 15) is 14.7 Å². The van der Waals surface area contributed by atoms with Crippen molar-refractivity contribution >= 4 is 11.8 Å². The Hall–Kier alpha value is -3.58. The molecule has 182 valence electrons. The summed E-state index contributed by atoms with van der Waals surface area (Å²) < 4.78 is 6.08. The zero-order valence-corrected chi connectivity index (χ0v) is 20.3. The van der Waals surface area contributed by atoms with Crippen molar-refractivity contribution in [1.29, 1.82) is 0 Å². The molecule has 0 saturated heterocycles. The Balaban J connectivity index is 2.13. The second-order valence-electron chi connectivity index (χ2n) is 7.96. The van der Waals surface area contributed by atoms with Crippen molar-refractivity contribution in [1.82, 2.24) is 10.6 Å². The molecule has 2 aromatic rings. The third-order valence-electron chi connectivity index (χ3n) is 5.23. The van der Waals surface area contributed by atoms with E-state index in [0.29, 0.717) is 30.9 Å². The number of ether oxygens (including phenoxy) is 1. The van der Waals surface area contributed by atoms with Crippen LogP contribution in [0.5, 0.6) is 17.2 Å². The van der Waals surface area contributed by atoms with Crippen molar-refractivity contribution in [3.8, 4) is 17.2 Å². The zero-order valence-electron chi connectivity index (χ0n) is 20.3. The largest absolute Gasteiger partial charge is 0.507 e. The maximum atomic E-state index is 12.6. The minimum Gasteiger partial charge on any atom is -0.507 e. The number of allylic oxidation sites excluding steroid dienone is 2. The summed E-state index contributed by atoms with van der Waals surface area (Å²) in [6.45, 7) is 8.17. The monoisotopic (exact) mass is 466 g/mol. The van der Waals surface area contributed by atoms with E-state index in [1.54, 1.807) is 6.07 Å². The van der Waals surface area contributed by atoms with Crippen molar-refractivity contribution in [3.63, 3.8) is 0 Å². The average molecular weight is 467 g/mol. The van der Waals surface area contributed by atoms with Crippen LogP contribution in [0.2, 0.25) is 0 Å². The molecule has 0 aromatic heterocycles. The number of rotatable bonds is 11. The van der Waals surface area contributed by atoms with Gasteiger partial charge in [-0.25, -0.2) is 0 Å². The van der Waals surface area contributed by atoms with Crippen LogP contribution in [-0.4, -0.2) is 41.7 Å². The van der Waals surface area contributed by atoms with Crippen LogP contribution in [-0.2, 0) is 11.2 Å². The molecule has 0 fully saturated rings. The normalized spacial score (nSPS) is 11.5. The SMILES string of the molecule is CC=CC(=CC)CNC(=O)c1cc(Oc2c(C)cc(CCC(=O)NCCO)cc2C)ccc1O. The van der Waals surface area contributed by atoms with E-state index >= 15 is 0 Å². The van der Waals surface area contributed by atoms with E-state index < -0.39 is 5.91 Å². The van der Waals surface area contributed by atoms with Gasteiger partial charge in [-0.1, -0.05) is 30.4 Å². The van der Waals surface area contributed by atoms with Gasteiger partial charge in [-0.3, -0.25) is 9.59 Å². The van der Waals surface area contributed by atoms with Crippen molar-refractivity contribution in [3.05, 3.63) is 76.4 Å². The predicted molar refractivity (Wildman–Crippen MR) is 133 cm³/mol. The topological polar surface area (TPSA) is 108 Å². The van der Waals surface area contributed by atoms with Crippen LogP contribution >= 0.6 is 0 Å². The fourth-order valence-corrected chi connectivity index (χ4v) is 3.51. The van der Waals surface area contributed by atoms with E-state index in [4.69, 9.17) is 9.84 Å². The van der Waals surface area contributed by atoms with Gasteiger partial charge in [0.1, 0.15) is 17.2 Å². The number of carbonyl (C=O) groups is 2. The van der Waals surface area contributed by atoms with Crippen LogP contribution in [0, 0.1) is 13.8 Å². The molecule has 0 atom stereocenters. The van der Waals surface area contributed by atoms with Crippen molar-refractivity contribution in [2.75, 3.05) is 19.7 Å². The number of aromatic hydroxyl groups is 1. The summed E-state index contributed by atoms with van der Waals surface area (Å²) >= 11 is 0. The van der Waals surface area contributed by atoms with E-state index in [0.717, 1.165) is 22.3 Å². The minimum atomic E-state index is -0.393. The van der Waals surface area contributed by atoms with E-state index in [1.165, 1.54) is 12.1 Å². The number of benzene rings is 2. The first kappa shape index (κ1) is 26.7. The van der Waals surface area contributed by atoms with Crippen LogP contribution in [0.1, 0.15) is 47.3 Å². The lowest BCUT2D eigenvalue weighted by atomic mass is 10.0. The highest BCUT2D eigenvalue weighted by atomic mass is 16.5. The molecule has 2 aromatic carbocycles. The Morgan fingerprint density at radius 1 is 1.06 bits per heavy atom. The number of phenols is 1. The number of aliphatic hydroxyl groups excluding tert-OH is 1. The number of nitrogens with one attached hydrogen (secondary N) is 2. The second kappa shape index (κ2) is 13.2. The van der Waals surface area contributed by atoms with Crippen LogP contribution in [0.15, 0.2) is 54.1 Å². The Bertz CT molecular complexity index is 1050. The van der Waals surface area contributed by atoms with E-state index in [-0.39, 0.29) is 30.4 Å². The van der Waals surface area contributed by atoms with Gasteiger partial charge >= 0.3 is 0 Å². The van der Waals surface area contributed by atoms with Gasteiger partial charge in [0.15, 0.2) is 0 Å². The molecule has 4 N–H and O–H groups in total. The fraction of sp³-hybridized carbons (Fsp3) is 0.333. The molecule has 34 heavy (non-hydrogen) atoms. The van der Waals surface area contributed by atoms with Crippen molar-refractivity contribution < 1.29 is 24.5 Å². The number of phenolic OH excluding ortho intramolecular Hbond substituents is 1. The van der Waals surface area contributed by atoms with Gasteiger partial charge in [0.25, 0.3) is 5.91 Å². The average Bonchev–Trinajstić information content (AvgIpc) is 2.82. The van der Waals surface area contributed by atoms with Crippen LogP contribution in [0.4, 0.5) is 0 Å². The second-order valence-corrected chi connectivity index (χ2v) is 7.96. The summed E-state index contributed by atoms with van der Waals surface area (Å²) in [5.41, 5.74) is 3.89. The number of aryl methyl sites for hydroxylation is 3. The van der Waals surface area contributed by atoms with Gasteiger partial charge in [-0.05, 0) is 74.6 Å². The molecular weight excluding hydrogens is 432 g/mol. The molecular formula is C27H34N2O5. The Labute approximate surface area is 201 Å². The summed E-state index contributed by atoms with van der Waals surface area (Å²) in [5, 5.41) is 24.5. The number of hydrogen-bond donors (Lipinski definition) is 4. The molecule has 0 aliphatic rings. The molecule has 0 saturated carbocycles. The lowest BCUT2D eigenvalue weighted by Gasteiger charge is -2.15. The number of hydrogen-bond acceptors (Lipinski definition) is 5. The summed E-state index contributed by atoms with van der Waals surface area (Å²) in [6, 6.07) is 8.51. The molecule has 7 heteroatoms. The van der Waals surface area contributed by atoms with Crippen molar-refractivity contribution in [2.24, 2.45) is 0 Å². The van der Waals surface area contributed by atoms with Gasteiger partial charge in [-0.2, -0.15) is 0 Å². The van der Waals surface area contributed by atoms with Crippen LogP contribution < -0.4 is 15.4 Å². The van der Waals surface area contributed by atoms with Gasteiger partial charge in [0.2, 0.25) is 5.91 Å². The molecule has 0 spiro atoms. The lowest BCUT2D eigenvalue weighted by Crippen LogP contribution is -2.26. The number of amides is 2. The first-order valence-electron chi connectivity index (χ1n) is 11.3. The molecule has 2 rings (SSSR count). The molecule has 0 heterocycles. The third kappa shape index (κ3) is 7.78. The fourth-order valence-electron chi connectivity index (χ4n) is 3.51. The first-order valence-corrected chi connectivity index (χ1v) is 11.3. The molecule has 7 nitrogen and oxygen atoms in total. The summed E-state index contributed by atoms with van der Waals surface area (Å²) in [7, 11) is 0. The predicted octanol–water partition coefficient (Wildman–Crippen LogP) is 4.09. The van der Waals surface area contributed by atoms with Crippen molar-refractivity contribution in [2.45, 2.75) is 40.5 Å². The number of carbonyl (C=O) groups excluding carboxylic acids is 2. The molecule has 0 bridgehead atoms. The molecule has 0 unspecified atom stereocenters. The highest BCUT2D eigenvalue weighted by Crippen LogP contribution is 2.32. The molecule has 2 amide bonds. The van der Waals surface area contributed by atoms with Gasteiger partial charge in [-0.15, -0.1) is 0 Å². The molecule has 0 radical (unpaired) electrons. The van der Waals surface area contributed by atoms with Gasteiger partial charge in [0.05, 0.1) is 12.2 Å². The summed E-state index contributed by atoms with van der Waals surface area (Å²) in [6.07, 6.45) is 6.63. The first-order chi connectivity index (χ1) is 16.3. The maximum Gasteiger partial charge on any atom is 0.255 e. The Morgan fingerprint density at radius 2 is 1.76 bits per heavy atom. The minimum absolute atomic E-state index is 0.0797. The standard InChI is InChI=1S/C27H34N2O5/c1-5-7-20(6-2)17-29-27(33)23-16-22(9-10-24(23)31)34-26-18(3)14-21(15-19(26)4)8-11-25(32)28-12-13-30/h5-7,9-10,14-16,30-31H,8,11-13,17H2,1-4H3,(H,28,32)(H,29,33). The summed E-state index contributed by atoms with van der Waals surface area (Å²) in [4.78, 5) is 24.4. The smallest absolute Gasteiger partial charge is 0.255 e. The Morgan fingerprint density at radius 3 is 2.38 bits per heavy atom. The quantitative estimate of drug-likeness (QED) is 0.373. The van der Waals surface area contributed by atoms with Crippen LogP contribution in [0.3, 0.4) is 0 Å².